The number of hydrogen-bond acceptors (Lipinski definition) is 2. The van der Waals surface area contributed by atoms with Crippen LogP contribution >= 0.6 is 0 Å². The number of fused-ring (bicyclic) bond motifs is 1. The van der Waals surface area contributed by atoms with E-state index in [0.29, 0.717) is 5.92 Å². The van der Waals surface area contributed by atoms with Crippen molar-refractivity contribution in [2.45, 2.75) is 45.6 Å². The Morgan fingerprint density at radius 1 is 1.53 bits per heavy atom. The van der Waals surface area contributed by atoms with Crippen molar-refractivity contribution >= 4 is 0 Å². The molecule has 84 valence electrons. The van der Waals surface area contributed by atoms with Gasteiger partial charge in [0.2, 0.25) is 0 Å². The van der Waals surface area contributed by atoms with Gasteiger partial charge in [0.25, 0.3) is 0 Å². The van der Waals surface area contributed by atoms with Crippen LogP contribution < -0.4 is 5.32 Å². The summed E-state index contributed by atoms with van der Waals surface area (Å²) in [4.78, 5) is 4.68. The average Bonchev–Trinajstić information content (AvgIpc) is 2.57. The molecule has 1 aliphatic heterocycles. The Kier molecular flexibility index (Phi) is 3.10. The minimum atomic E-state index is 0.663. The van der Waals surface area contributed by atoms with Gasteiger partial charge in [-0.3, -0.25) is 0 Å². The minimum Gasteiger partial charge on any atom is -0.331 e. The van der Waals surface area contributed by atoms with Crippen molar-refractivity contribution in [3.63, 3.8) is 0 Å². The predicted octanol–water partition coefficient (Wildman–Crippen LogP) is 1.85. The van der Waals surface area contributed by atoms with Crippen LogP contribution in [0.5, 0.6) is 0 Å². The Balaban J connectivity index is 2.37. The quantitative estimate of drug-likeness (QED) is 0.819. The molecular weight excluding hydrogens is 186 g/mol. The first-order chi connectivity index (χ1) is 7.27. The molecule has 2 heterocycles. The molecule has 1 unspecified atom stereocenters. The van der Waals surface area contributed by atoms with Crippen molar-refractivity contribution in [2.75, 3.05) is 13.6 Å². The lowest BCUT2D eigenvalue weighted by Crippen LogP contribution is -2.25. The molecule has 1 N–H and O–H groups in total. The van der Waals surface area contributed by atoms with Crippen molar-refractivity contribution in [3.05, 3.63) is 17.2 Å². The van der Waals surface area contributed by atoms with E-state index in [-0.39, 0.29) is 0 Å². The zero-order valence-corrected chi connectivity index (χ0v) is 10.0. The summed E-state index contributed by atoms with van der Waals surface area (Å²) in [5.41, 5.74) is 2.72. The van der Waals surface area contributed by atoms with Gasteiger partial charge in [-0.1, -0.05) is 6.92 Å². The van der Waals surface area contributed by atoms with Crippen molar-refractivity contribution < 1.29 is 0 Å². The Morgan fingerprint density at radius 2 is 2.33 bits per heavy atom. The third-order valence-electron chi connectivity index (χ3n) is 3.36. The molecule has 0 saturated carbocycles. The molecule has 0 aromatic carbocycles. The summed E-state index contributed by atoms with van der Waals surface area (Å²) in [5, 5.41) is 3.29. The first kappa shape index (κ1) is 10.7. The van der Waals surface area contributed by atoms with Crippen LogP contribution in [0.2, 0.25) is 0 Å². The Morgan fingerprint density at radius 3 is 3.00 bits per heavy atom. The van der Waals surface area contributed by atoms with Crippen LogP contribution in [0.4, 0.5) is 0 Å². The van der Waals surface area contributed by atoms with E-state index in [2.05, 4.69) is 28.7 Å². The van der Waals surface area contributed by atoms with Gasteiger partial charge in [-0.2, -0.15) is 0 Å². The first-order valence-electron chi connectivity index (χ1n) is 5.98. The van der Waals surface area contributed by atoms with Crippen LogP contribution in [0.25, 0.3) is 0 Å². The first-order valence-corrected chi connectivity index (χ1v) is 5.98. The molecule has 15 heavy (non-hydrogen) atoms. The molecule has 1 aromatic heterocycles. The third-order valence-corrected chi connectivity index (χ3v) is 3.36. The van der Waals surface area contributed by atoms with E-state index in [0.717, 1.165) is 13.0 Å². The predicted molar refractivity (Wildman–Crippen MR) is 62.2 cm³/mol. The molecule has 3 heteroatoms. The van der Waals surface area contributed by atoms with E-state index in [4.69, 9.17) is 0 Å². The van der Waals surface area contributed by atoms with Crippen molar-refractivity contribution in [1.82, 2.24) is 14.9 Å². The molecule has 1 aromatic rings. The van der Waals surface area contributed by atoms with E-state index < -0.39 is 0 Å². The van der Waals surface area contributed by atoms with Gasteiger partial charge in [0.1, 0.15) is 5.82 Å². The summed E-state index contributed by atoms with van der Waals surface area (Å²) in [6.07, 6.45) is 3.64. The summed E-state index contributed by atoms with van der Waals surface area (Å²) in [7, 11) is 2.03. The van der Waals surface area contributed by atoms with E-state index in [1.54, 1.807) is 0 Å². The highest BCUT2D eigenvalue weighted by Gasteiger charge is 2.24. The van der Waals surface area contributed by atoms with E-state index in [1.165, 1.54) is 36.6 Å². The highest BCUT2D eigenvalue weighted by Crippen LogP contribution is 2.30. The van der Waals surface area contributed by atoms with Gasteiger partial charge < -0.3 is 9.88 Å². The summed E-state index contributed by atoms with van der Waals surface area (Å²) < 4.78 is 2.45. The standard InChI is InChI=1S/C12H21N3/c1-4-11-14-9(2)12-10(8-13-3)6-5-7-15(11)12/h10,13H,4-8H2,1-3H3. The van der Waals surface area contributed by atoms with E-state index in [1.807, 2.05) is 7.05 Å². The number of aryl methyl sites for hydroxylation is 2. The maximum absolute atomic E-state index is 4.68. The van der Waals surface area contributed by atoms with E-state index in [9.17, 15) is 0 Å². The average molecular weight is 207 g/mol. The molecule has 0 fully saturated rings. The van der Waals surface area contributed by atoms with Gasteiger partial charge in [-0.25, -0.2) is 4.98 Å². The molecule has 0 aliphatic carbocycles. The minimum absolute atomic E-state index is 0.663. The second kappa shape index (κ2) is 4.35. The summed E-state index contributed by atoms with van der Waals surface area (Å²) in [6, 6.07) is 0. The number of nitrogens with zero attached hydrogens (tertiary/aromatic N) is 2. The van der Waals surface area contributed by atoms with Crippen molar-refractivity contribution in [2.24, 2.45) is 0 Å². The monoisotopic (exact) mass is 207 g/mol. The van der Waals surface area contributed by atoms with Crippen LogP contribution in [0, 0.1) is 6.92 Å². The Hall–Kier alpha value is -0.830. The van der Waals surface area contributed by atoms with Crippen LogP contribution in [0.3, 0.4) is 0 Å². The number of imidazole rings is 1. The zero-order chi connectivity index (χ0) is 10.8. The summed E-state index contributed by atoms with van der Waals surface area (Å²) in [6.45, 7) is 6.59. The molecule has 1 atom stereocenters. The lowest BCUT2D eigenvalue weighted by atomic mass is 9.94. The number of nitrogens with one attached hydrogen (secondary N) is 1. The van der Waals surface area contributed by atoms with Gasteiger partial charge in [0.15, 0.2) is 0 Å². The van der Waals surface area contributed by atoms with Crippen LogP contribution in [-0.4, -0.2) is 23.1 Å². The second-order valence-corrected chi connectivity index (χ2v) is 4.40. The van der Waals surface area contributed by atoms with Crippen molar-refractivity contribution in [3.8, 4) is 0 Å². The molecule has 1 aliphatic rings. The van der Waals surface area contributed by atoms with Gasteiger partial charge in [0, 0.05) is 31.1 Å². The smallest absolute Gasteiger partial charge is 0.108 e. The fourth-order valence-electron chi connectivity index (χ4n) is 2.76. The molecule has 0 radical (unpaired) electrons. The molecule has 0 amide bonds. The molecule has 0 bridgehead atoms. The van der Waals surface area contributed by atoms with Gasteiger partial charge in [0.05, 0.1) is 5.69 Å². The lowest BCUT2D eigenvalue weighted by Gasteiger charge is -2.25. The highest BCUT2D eigenvalue weighted by atomic mass is 15.1. The zero-order valence-electron chi connectivity index (χ0n) is 10.0. The normalized spacial score (nSPS) is 20.3. The van der Waals surface area contributed by atoms with Crippen molar-refractivity contribution in [1.29, 1.82) is 0 Å². The lowest BCUT2D eigenvalue weighted by molar-refractivity contribution is 0.433. The van der Waals surface area contributed by atoms with Gasteiger partial charge >= 0.3 is 0 Å². The topological polar surface area (TPSA) is 29.9 Å². The van der Waals surface area contributed by atoms with Gasteiger partial charge in [-0.15, -0.1) is 0 Å². The van der Waals surface area contributed by atoms with E-state index >= 15 is 0 Å². The fourth-order valence-corrected chi connectivity index (χ4v) is 2.76. The number of aromatic nitrogens is 2. The van der Waals surface area contributed by atoms with Gasteiger partial charge in [-0.05, 0) is 26.8 Å². The van der Waals surface area contributed by atoms with Crippen LogP contribution in [0.15, 0.2) is 0 Å². The Bertz CT molecular complexity index is 341. The summed E-state index contributed by atoms with van der Waals surface area (Å²) >= 11 is 0. The summed E-state index contributed by atoms with van der Waals surface area (Å²) in [5.74, 6) is 1.93. The molecule has 0 spiro atoms. The van der Waals surface area contributed by atoms with Crippen LogP contribution in [0.1, 0.15) is 42.9 Å². The maximum Gasteiger partial charge on any atom is 0.108 e. The highest BCUT2D eigenvalue weighted by molar-refractivity contribution is 5.22. The van der Waals surface area contributed by atoms with Crippen LogP contribution in [-0.2, 0) is 13.0 Å². The third kappa shape index (κ3) is 1.81. The maximum atomic E-state index is 4.68. The largest absolute Gasteiger partial charge is 0.331 e. The molecular formula is C12H21N3. The second-order valence-electron chi connectivity index (χ2n) is 4.40. The number of likely N-dealkylation sites (N-methyl/N-ethyl adjacent to an activating group) is 1. The number of rotatable bonds is 3. The molecule has 0 saturated heterocycles. The molecule has 3 nitrogen and oxygen atoms in total. The Labute approximate surface area is 91.9 Å². The molecule has 2 rings (SSSR count). The number of hydrogen-bond donors (Lipinski definition) is 1. The fraction of sp³-hybridized carbons (Fsp3) is 0.750. The SMILES string of the molecule is CCc1nc(C)c2n1CCCC2CNC.